The van der Waals surface area contributed by atoms with Crippen LogP contribution in [0.1, 0.15) is 35.8 Å². The van der Waals surface area contributed by atoms with Gasteiger partial charge in [0, 0.05) is 18.4 Å². The molecular weight excluding hydrogens is 440 g/mol. The van der Waals surface area contributed by atoms with Crippen LogP contribution >= 0.6 is 0 Å². The summed E-state index contributed by atoms with van der Waals surface area (Å²) in [5, 5.41) is 3.35. The maximum Gasteiger partial charge on any atom is 0.272 e. The Morgan fingerprint density at radius 1 is 1.00 bits per heavy atom. The van der Waals surface area contributed by atoms with E-state index >= 15 is 0 Å². The highest BCUT2D eigenvalue weighted by atomic mass is 16.5. The van der Waals surface area contributed by atoms with Gasteiger partial charge in [0.05, 0.1) is 12.0 Å². The predicted molar refractivity (Wildman–Crippen MR) is 137 cm³/mol. The monoisotopic (exact) mass is 466 g/mol. The van der Waals surface area contributed by atoms with Gasteiger partial charge in [-0.25, -0.2) is 4.98 Å². The summed E-state index contributed by atoms with van der Waals surface area (Å²) in [6, 6.07) is 24.1. The highest BCUT2D eigenvalue weighted by molar-refractivity contribution is 6.06. The average Bonchev–Trinajstić information content (AvgIpc) is 3.24. The number of anilines is 1. The van der Waals surface area contributed by atoms with Gasteiger partial charge in [0.25, 0.3) is 11.5 Å². The molecule has 0 radical (unpaired) electrons. The molecule has 3 heterocycles. The zero-order chi connectivity index (χ0) is 24.2. The Hall–Kier alpha value is -4.39. The fraction of sp³-hybridized carbons (Fsp3) is 0.179. The molecule has 0 fully saturated rings. The first-order valence-corrected chi connectivity index (χ1v) is 11.7. The second-order valence-corrected chi connectivity index (χ2v) is 8.36. The Morgan fingerprint density at radius 2 is 1.77 bits per heavy atom. The van der Waals surface area contributed by atoms with Gasteiger partial charge >= 0.3 is 0 Å². The quantitative estimate of drug-likeness (QED) is 0.322. The Morgan fingerprint density at radius 3 is 2.54 bits per heavy atom. The van der Waals surface area contributed by atoms with Crippen molar-refractivity contribution in [2.75, 3.05) is 11.9 Å². The van der Waals surface area contributed by atoms with E-state index in [0.717, 1.165) is 24.2 Å². The first-order valence-electron chi connectivity index (χ1n) is 11.7. The third-order valence-corrected chi connectivity index (χ3v) is 5.87. The van der Waals surface area contributed by atoms with Gasteiger partial charge in [0.15, 0.2) is 0 Å². The number of nitrogens with one attached hydrogen (secondary N) is 1. The lowest BCUT2D eigenvalue weighted by molar-refractivity contribution is 0.101. The standard InChI is InChI=1S/C28H26N4O3/c1-2-3-17-35-22-14-12-21(13-15-22)29-27(33)24-18-23-26(32(24)19-20-9-5-4-6-10-20)30-25-11-7-8-16-31(25)28(23)34/h4-16,18H,2-3,17,19H2,1H3,(H,29,33). The van der Waals surface area contributed by atoms with Gasteiger partial charge in [-0.1, -0.05) is 49.7 Å². The highest BCUT2D eigenvalue weighted by Crippen LogP contribution is 2.21. The zero-order valence-corrected chi connectivity index (χ0v) is 19.5. The maximum atomic E-state index is 13.4. The van der Waals surface area contributed by atoms with Gasteiger partial charge in [0.1, 0.15) is 22.7 Å². The van der Waals surface area contributed by atoms with E-state index in [-0.39, 0.29) is 11.5 Å². The van der Waals surface area contributed by atoms with Crippen molar-refractivity contribution in [2.45, 2.75) is 26.3 Å². The molecule has 3 aromatic heterocycles. The van der Waals surface area contributed by atoms with Crippen molar-refractivity contribution < 1.29 is 9.53 Å². The number of fused-ring (bicyclic) bond motifs is 2. The van der Waals surface area contributed by atoms with Crippen LogP contribution in [-0.4, -0.2) is 26.5 Å². The summed E-state index contributed by atoms with van der Waals surface area (Å²) in [7, 11) is 0. The molecule has 0 saturated carbocycles. The number of amides is 1. The van der Waals surface area contributed by atoms with Gasteiger partial charge in [-0.2, -0.15) is 0 Å². The topological polar surface area (TPSA) is 77.6 Å². The highest BCUT2D eigenvalue weighted by Gasteiger charge is 2.20. The molecule has 5 aromatic rings. The lowest BCUT2D eigenvalue weighted by atomic mass is 10.2. The minimum absolute atomic E-state index is 0.208. The van der Waals surface area contributed by atoms with E-state index in [4.69, 9.17) is 9.72 Å². The molecular formula is C28H26N4O3. The average molecular weight is 467 g/mol. The second-order valence-electron chi connectivity index (χ2n) is 8.36. The van der Waals surface area contributed by atoms with Crippen LogP contribution in [0.4, 0.5) is 5.69 Å². The lowest BCUT2D eigenvalue weighted by Gasteiger charge is -2.12. The van der Waals surface area contributed by atoms with Crippen LogP contribution in [-0.2, 0) is 6.54 Å². The van der Waals surface area contributed by atoms with Crippen LogP contribution in [0.15, 0.2) is 89.9 Å². The molecule has 0 bridgehead atoms. The number of pyridine rings is 1. The van der Waals surface area contributed by atoms with Crippen molar-refractivity contribution in [2.24, 2.45) is 0 Å². The summed E-state index contributed by atoms with van der Waals surface area (Å²) in [6.45, 7) is 3.19. The van der Waals surface area contributed by atoms with Crippen LogP contribution in [0, 0.1) is 0 Å². The molecule has 35 heavy (non-hydrogen) atoms. The number of unbranched alkanes of at least 4 members (excludes halogenated alkanes) is 1. The van der Waals surface area contributed by atoms with Crippen LogP contribution in [0.5, 0.6) is 5.75 Å². The number of nitrogens with zero attached hydrogens (tertiary/aromatic N) is 3. The second kappa shape index (κ2) is 9.85. The lowest BCUT2D eigenvalue weighted by Crippen LogP contribution is -2.18. The maximum absolute atomic E-state index is 13.4. The molecule has 0 saturated heterocycles. The van der Waals surface area contributed by atoms with Crippen LogP contribution in [0.25, 0.3) is 16.7 Å². The SMILES string of the molecule is CCCCOc1ccc(NC(=O)c2cc3c(=O)n4ccccc4nc3n2Cc2ccccc2)cc1. The van der Waals surface area contributed by atoms with E-state index in [1.165, 1.54) is 4.40 Å². The molecule has 0 spiro atoms. The minimum atomic E-state index is -0.313. The van der Waals surface area contributed by atoms with E-state index in [1.54, 1.807) is 29.0 Å². The molecule has 7 nitrogen and oxygen atoms in total. The normalized spacial score (nSPS) is 11.1. The van der Waals surface area contributed by atoms with Gasteiger partial charge in [-0.15, -0.1) is 0 Å². The molecule has 0 atom stereocenters. The van der Waals surface area contributed by atoms with Crippen molar-refractivity contribution in [3.63, 3.8) is 0 Å². The van der Waals surface area contributed by atoms with Gasteiger partial charge < -0.3 is 14.6 Å². The summed E-state index contributed by atoms with van der Waals surface area (Å²) in [5.41, 5.74) is 2.82. The third-order valence-electron chi connectivity index (χ3n) is 5.87. The van der Waals surface area contributed by atoms with Crippen LogP contribution < -0.4 is 15.6 Å². The van der Waals surface area contributed by atoms with Crippen molar-refractivity contribution in [1.82, 2.24) is 14.0 Å². The Labute approximate surface area is 202 Å². The summed E-state index contributed by atoms with van der Waals surface area (Å²) in [4.78, 5) is 31.3. The molecule has 0 aliphatic carbocycles. The number of hydrogen-bond donors (Lipinski definition) is 1. The van der Waals surface area contributed by atoms with Crippen molar-refractivity contribution in [3.8, 4) is 5.75 Å². The largest absolute Gasteiger partial charge is 0.494 e. The molecule has 0 aliphatic heterocycles. The number of benzene rings is 2. The van der Waals surface area contributed by atoms with Crippen LogP contribution in [0.3, 0.4) is 0 Å². The van der Waals surface area contributed by atoms with Gasteiger partial charge in [-0.3, -0.25) is 14.0 Å². The Balaban J connectivity index is 1.52. The van der Waals surface area contributed by atoms with Crippen LogP contribution in [0.2, 0.25) is 0 Å². The Kier molecular flexibility index (Phi) is 6.30. The molecule has 5 rings (SSSR count). The smallest absolute Gasteiger partial charge is 0.272 e. The van der Waals surface area contributed by atoms with Crippen molar-refractivity contribution in [1.29, 1.82) is 0 Å². The fourth-order valence-corrected chi connectivity index (χ4v) is 4.03. The fourth-order valence-electron chi connectivity index (χ4n) is 4.03. The number of hydrogen-bond acceptors (Lipinski definition) is 4. The molecule has 2 aromatic carbocycles. The number of rotatable bonds is 8. The van der Waals surface area contributed by atoms with E-state index in [0.29, 0.717) is 41.2 Å². The summed E-state index contributed by atoms with van der Waals surface area (Å²) in [5.74, 6) is 0.450. The molecule has 0 unspecified atom stereocenters. The summed E-state index contributed by atoms with van der Waals surface area (Å²) >= 11 is 0. The van der Waals surface area contributed by atoms with E-state index in [2.05, 4.69) is 12.2 Å². The molecule has 1 N–H and O–H groups in total. The summed E-state index contributed by atoms with van der Waals surface area (Å²) < 4.78 is 9.00. The number of ether oxygens (including phenoxy) is 1. The predicted octanol–water partition coefficient (Wildman–Crippen LogP) is 5.13. The van der Waals surface area contributed by atoms with E-state index in [1.807, 2.05) is 60.7 Å². The minimum Gasteiger partial charge on any atom is -0.494 e. The number of aromatic nitrogens is 3. The van der Waals surface area contributed by atoms with E-state index in [9.17, 15) is 9.59 Å². The van der Waals surface area contributed by atoms with E-state index < -0.39 is 0 Å². The Bertz CT molecular complexity index is 1540. The number of carbonyl (C=O) groups is 1. The third kappa shape index (κ3) is 4.66. The van der Waals surface area contributed by atoms with Gasteiger partial charge in [0.2, 0.25) is 0 Å². The molecule has 1 amide bonds. The van der Waals surface area contributed by atoms with Crippen molar-refractivity contribution in [3.05, 3.63) is 107 Å². The van der Waals surface area contributed by atoms with Crippen molar-refractivity contribution >= 4 is 28.3 Å². The number of carbonyl (C=O) groups excluding carboxylic acids is 1. The molecule has 0 aliphatic rings. The molecule has 176 valence electrons. The summed E-state index contributed by atoms with van der Waals surface area (Å²) in [6.07, 6.45) is 3.75. The van der Waals surface area contributed by atoms with Gasteiger partial charge in [-0.05, 0) is 54.4 Å². The zero-order valence-electron chi connectivity index (χ0n) is 19.5. The molecule has 7 heteroatoms. The first-order chi connectivity index (χ1) is 17.1. The first kappa shape index (κ1) is 22.4.